The minimum Gasteiger partial charge on any atom is -0.247 e. The number of benzene rings is 9. The molecule has 0 saturated carbocycles. The van der Waals surface area contributed by atoms with Gasteiger partial charge < -0.3 is 0 Å². The van der Waals surface area contributed by atoms with Crippen molar-refractivity contribution in [1.29, 1.82) is 0 Å². The van der Waals surface area contributed by atoms with Gasteiger partial charge in [-0.25, -0.2) is 15.0 Å². The Hall–Kier alpha value is -7.92. The van der Waals surface area contributed by atoms with Crippen LogP contribution in [0, 0.1) is 0 Å². The Bertz CT molecular complexity index is 3540. The van der Waals surface area contributed by atoms with Crippen LogP contribution in [-0.4, -0.2) is 15.0 Å². The van der Waals surface area contributed by atoms with Crippen LogP contribution in [0.2, 0.25) is 0 Å². The van der Waals surface area contributed by atoms with Crippen LogP contribution in [-0.2, 0) is 5.41 Å². The minimum absolute atomic E-state index is 0.484. The van der Waals surface area contributed by atoms with E-state index in [1.165, 1.54) is 48.6 Å². The summed E-state index contributed by atoms with van der Waals surface area (Å²) in [5.74, 6) is 0.703. The van der Waals surface area contributed by atoms with E-state index in [-0.39, 0.29) is 0 Å². The topological polar surface area (TPSA) is 38.7 Å². The molecular formula is C60H37N3S. The number of rotatable bonds is 5. The molecule has 2 aliphatic rings. The molecule has 1 spiro atoms. The Kier molecular flexibility index (Phi) is 8.37. The summed E-state index contributed by atoms with van der Waals surface area (Å²) in [7, 11) is 0. The highest BCUT2D eigenvalue weighted by molar-refractivity contribution is 7.99. The van der Waals surface area contributed by atoms with Gasteiger partial charge in [0.05, 0.1) is 28.0 Å². The Morgan fingerprint density at radius 3 is 1.59 bits per heavy atom. The molecule has 9 aromatic carbocycles. The van der Waals surface area contributed by atoms with E-state index in [0.29, 0.717) is 5.82 Å². The maximum atomic E-state index is 5.49. The van der Waals surface area contributed by atoms with Crippen molar-refractivity contribution in [2.45, 2.75) is 15.2 Å². The normalized spacial score (nSPS) is 13.1. The molecule has 0 atom stereocenters. The third-order valence-electron chi connectivity index (χ3n) is 13.1. The Morgan fingerprint density at radius 2 is 0.875 bits per heavy atom. The number of aromatic nitrogens is 3. The fourth-order valence-corrected chi connectivity index (χ4v) is 11.5. The maximum absolute atomic E-state index is 5.49. The van der Waals surface area contributed by atoms with Gasteiger partial charge in [0.25, 0.3) is 0 Å². The van der Waals surface area contributed by atoms with Gasteiger partial charge in [-0.15, -0.1) is 0 Å². The standard InChI is InChI=1S/C60H37N3S/c1-4-17-38(18-5-1)54-37-55(63-59(62-54)40-21-8-3-9-22-40)43-24-16-23-41(33-43)42-31-32-53-47(34-42)45-36-52-46(35-48(45)58(61-53)39-19-6-2-7-20-39)44-25-10-11-26-49(44)60(52)50-27-12-14-29-56(50)64-57-30-15-13-28-51(57)60/h1-37H. The van der Waals surface area contributed by atoms with Crippen LogP contribution in [0.15, 0.2) is 234 Å². The monoisotopic (exact) mass is 831 g/mol. The van der Waals surface area contributed by atoms with Gasteiger partial charge in [-0.3, -0.25) is 0 Å². The van der Waals surface area contributed by atoms with Gasteiger partial charge in [0, 0.05) is 42.8 Å². The second-order valence-corrected chi connectivity index (χ2v) is 17.8. The van der Waals surface area contributed by atoms with Crippen molar-refractivity contribution in [3.05, 3.63) is 247 Å². The molecule has 0 bridgehead atoms. The van der Waals surface area contributed by atoms with E-state index >= 15 is 0 Å². The fourth-order valence-electron chi connectivity index (χ4n) is 10.3. The van der Waals surface area contributed by atoms with Gasteiger partial charge in [0.1, 0.15) is 0 Å². The summed E-state index contributed by atoms with van der Waals surface area (Å²) in [6.07, 6.45) is 0. The Morgan fingerprint density at radius 1 is 0.312 bits per heavy atom. The van der Waals surface area contributed by atoms with Gasteiger partial charge in [-0.2, -0.15) is 0 Å². The average molecular weight is 832 g/mol. The van der Waals surface area contributed by atoms with Crippen LogP contribution in [0.1, 0.15) is 22.3 Å². The summed E-state index contributed by atoms with van der Waals surface area (Å²) >= 11 is 1.88. The lowest BCUT2D eigenvalue weighted by molar-refractivity contribution is 0.723. The summed E-state index contributed by atoms with van der Waals surface area (Å²) < 4.78 is 0. The summed E-state index contributed by atoms with van der Waals surface area (Å²) in [4.78, 5) is 18.3. The van der Waals surface area contributed by atoms with Crippen molar-refractivity contribution in [2.75, 3.05) is 0 Å². The highest BCUT2D eigenvalue weighted by atomic mass is 32.2. The Balaban J connectivity index is 1.04. The molecule has 4 heteroatoms. The number of pyridine rings is 1. The number of fused-ring (bicyclic) bond motifs is 12. The van der Waals surface area contributed by atoms with E-state index in [0.717, 1.165) is 66.8 Å². The van der Waals surface area contributed by atoms with Crippen LogP contribution in [0.25, 0.3) is 89.1 Å². The molecule has 0 radical (unpaired) electrons. The molecular weight excluding hydrogens is 795 g/mol. The van der Waals surface area contributed by atoms with E-state index in [4.69, 9.17) is 15.0 Å². The molecule has 1 aliphatic heterocycles. The Labute approximate surface area is 375 Å². The van der Waals surface area contributed by atoms with Crippen molar-refractivity contribution in [3.8, 4) is 67.4 Å². The molecule has 0 unspecified atom stereocenters. The molecule has 3 nitrogen and oxygen atoms in total. The quantitative estimate of drug-likeness (QED) is 0.162. The van der Waals surface area contributed by atoms with E-state index < -0.39 is 5.41 Å². The van der Waals surface area contributed by atoms with E-state index in [9.17, 15) is 0 Å². The lowest BCUT2D eigenvalue weighted by atomic mass is 9.67. The van der Waals surface area contributed by atoms with Crippen LogP contribution in [0.5, 0.6) is 0 Å². The smallest absolute Gasteiger partial charge is 0.160 e. The SMILES string of the molecule is c1ccc(-c2cc(-c3cccc(-c4ccc5nc(-c6ccccc6)c6cc7c(cc6c5c4)C4(c5ccccc5Sc5ccccc54)c4ccccc4-7)c3)nc(-c3ccccc3)n2)cc1. The van der Waals surface area contributed by atoms with E-state index in [1.807, 2.05) is 36.0 Å². The first-order chi connectivity index (χ1) is 31.7. The van der Waals surface area contributed by atoms with E-state index in [1.54, 1.807) is 0 Å². The van der Waals surface area contributed by atoms with Gasteiger partial charge in [-0.1, -0.05) is 188 Å². The highest BCUT2D eigenvalue weighted by Crippen LogP contribution is 2.63. The van der Waals surface area contributed by atoms with Crippen LogP contribution in [0.3, 0.4) is 0 Å². The first-order valence-corrected chi connectivity index (χ1v) is 22.6. The average Bonchev–Trinajstić information content (AvgIpc) is 3.65. The van der Waals surface area contributed by atoms with Crippen molar-refractivity contribution >= 4 is 33.4 Å². The largest absolute Gasteiger partial charge is 0.247 e. The molecule has 0 amide bonds. The van der Waals surface area contributed by atoms with Gasteiger partial charge in [0.15, 0.2) is 5.82 Å². The summed E-state index contributed by atoms with van der Waals surface area (Å²) in [5.41, 5.74) is 17.5. The van der Waals surface area contributed by atoms with Gasteiger partial charge in [0.2, 0.25) is 0 Å². The molecule has 3 heterocycles. The third-order valence-corrected chi connectivity index (χ3v) is 14.3. The second kappa shape index (κ2) is 14.6. The lowest BCUT2D eigenvalue weighted by Gasteiger charge is -2.39. The first kappa shape index (κ1) is 36.7. The molecule has 0 fully saturated rings. The summed E-state index contributed by atoms with van der Waals surface area (Å²) in [5, 5.41) is 3.46. The molecule has 298 valence electrons. The van der Waals surface area contributed by atoms with Crippen molar-refractivity contribution in [2.24, 2.45) is 0 Å². The van der Waals surface area contributed by atoms with E-state index in [2.05, 4.69) is 200 Å². The predicted molar refractivity (Wildman–Crippen MR) is 263 cm³/mol. The molecule has 11 aromatic rings. The third kappa shape index (κ3) is 5.66. The molecule has 0 saturated heterocycles. The summed E-state index contributed by atoms with van der Waals surface area (Å²) in [6, 6.07) is 80.9. The zero-order chi connectivity index (χ0) is 42.2. The molecule has 64 heavy (non-hydrogen) atoms. The minimum atomic E-state index is -0.484. The lowest BCUT2D eigenvalue weighted by Crippen LogP contribution is -2.31. The van der Waals surface area contributed by atoms with Crippen LogP contribution < -0.4 is 0 Å². The van der Waals surface area contributed by atoms with Crippen LogP contribution >= 0.6 is 11.8 Å². The van der Waals surface area contributed by atoms with Crippen LogP contribution in [0.4, 0.5) is 0 Å². The van der Waals surface area contributed by atoms with Crippen molar-refractivity contribution < 1.29 is 0 Å². The number of hydrogen-bond donors (Lipinski definition) is 0. The van der Waals surface area contributed by atoms with Gasteiger partial charge >= 0.3 is 0 Å². The zero-order valence-corrected chi connectivity index (χ0v) is 35.4. The predicted octanol–water partition coefficient (Wildman–Crippen LogP) is 15.3. The van der Waals surface area contributed by atoms with Gasteiger partial charge in [-0.05, 0) is 98.4 Å². The molecule has 13 rings (SSSR count). The first-order valence-electron chi connectivity index (χ1n) is 21.8. The summed E-state index contributed by atoms with van der Waals surface area (Å²) in [6.45, 7) is 0. The maximum Gasteiger partial charge on any atom is 0.160 e. The number of nitrogens with zero attached hydrogens (tertiary/aromatic N) is 3. The molecule has 0 N–H and O–H groups in total. The van der Waals surface area contributed by atoms with Crippen molar-refractivity contribution in [3.63, 3.8) is 0 Å². The molecule has 2 aromatic heterocycles. The zero-order valence-electron chi connectivity index (χ0n) is 34.6. The van der Waals surface area contributed by atoms with Crippen molar-refractivity contribution in [1.82, 2.24) is 15.0 Å². The molecule has 1 aliphatic carbocycles. The number of hydrogen-bond acceptors (Lipinski definition) is 4. The highest BCUT2D eigenvalue weighted by Gasteiger charge is 2.50. The second-order valence-electron chi connectivity index (χ2n) is 16.7. The fraction of sp³-hybridized carbons (Fsp3) is 0.0167.